The lowest BCUT2D eigenvalue weighted by molar-refractivity contribution is 0.176. The van der Waals surface area contributed by atoms with E-state index in [0.29, 0.717) is 12.1 Å². The van der Waals surface area contributed by atoms with Crippen LogP contribution in [0.4, 0.5) is 0 Å². The zero-order valence-corrected chi connectivity index (χ0v) is 11.2. The third-order valence-corrected chi connectivity index (χ3v) is 4.81. The molecule has 1 aliphatic carbocycles. The summed E-state index contributed by atoms with van der Waals surface area (Å²) in [6.07, 6.45) is 5.43. The van der Waals surface area contributed by atoms with E-state index in [9.17, 15) is 0 Å². The van der Waals surface area contributed by atoms with Crippen molar-refractivity contribution in [3.8, 4) is 0 Å². The number of ether oxygens (including phenoxy) is 1. The van der Waals surface area contributed by atoms with Crippen LogP contribution in [-0.4, -0.2) is 48.8 Å². The van der Waals surface area contributed by atoms with Gasteiger partial charge >= 0.3 is 0 Å². The van der Waals surface area contributed by atoms with E-state index >= 15 is 0 Å². The minimum atomic E-state index is 0.619. The van der Waals surface area contributed by atoms with Gasteiger partial charge in [-0.25, -0.2) is 0 Å². The topological polar surface area (TPSA) is 24.5 Å². The van der Waals surface area contributed by atoms with Crippen LogP contribution in [0, 0.1) is 5.92 Å². The summed E-state index contributed by atoms with van der Waals surface area (Å²) in [5.74, 6) is 0.736. The molecule has 2 heterocycles. The molecule has 2 saturated heterocycles. The number of rotatable bonds is 4. The van der Waals surface area contributed by atoms with Gasteiger partial charge in [-0.05, 0) is 45.4 Å². The van der Waals surface area contributed by atoms with Crippen LogP contribution in [0.15, 0.2) is 0 Å². The molecule has 0 aromatic carbocycles. The Bertz CT molecular complexity index is 261. The maximum Gasteiger partial charge on any atom is 0.0509 e. The molecule has 3 rings (SSSR count). The molecule has 17 heavy (non-hydrogen) atoms. The fourth-order valence-corrected chi connectivity index (χ4v) is 3.55. The zero-order valence-electron chi connectivity index (χ0n) is 11.2. The van der Waals surface area contributed by atoms with Crippen LogP contribution in [0.1, 0.15) is 39.5 Å². The molecule has 3 aliphatic rings. The van der Waals surface area contributed by atoms with Gasteiger partial charge in [0.2, 0.25) is 0 Å². The SMILES string of the molecule is CC(NC1CC(C)N(C2CC2)C1)C1CCOC1. The van der Waals surface area contributed by atoms with Gasteiger partial charge in [-0.15, -0.1) is 0 Å². The summed E-state index contributed by atoms with van der Waals surface area (Å²) < 4.78 is 5.48. The van der Waals surface area contributed by atoms with E-state index in [2.05, 4.69) is 24.1 Å². The molecule has 1 saturated carbocycles. The van der Waals surface area contributed by atoms with Crippen LogP contribution in [0.5, 0.6) is 0 Å². The third-order valence-electron chi connectivity index (χ3n) is 4.81. The molecule has 4 unspecified atom stereocenters. The van der Waals surface area contributed by atoms with Crippen LogP contribution in [-0.2, 0) is 4.74 Å². The van der Waals surface area contributed by atoms with Crippen LogP contribution >= 0.6 is 0 Å². The van der Waals surface area contributed by atoms with Gasteiger partial charge in [0.05, 0.1) is 6.61 Å². The molecule has 0 spiro atoms. The van der Waals surface area contributed by atoms with Gasteiger partial charge in [0.15, 0.2) is 0 Å². The molecular formula is C14H26N2O. The molecule has 0 amide bonds. The van der Waals surface area contributed by atoms with Crippen molar-refractivity contribution < 1.29 is 4.74 Å². The number of hydrogen-bond donors (Lipinski definition) is 1. The number of likely N-dealkylation sites (tertiary alicyclic amines) is 1. The van der Waals surface area contributed by atoms with Crippen LogP contribution in [0.25, 0.3) is 0 Å². The van der Waals surface area contributed by atoms with Crippen molar-refractivity contribution in [2.75, 3.05) is 19.8 Å². The first-order valence-electron chi connectivity index (χ1n) is 7.33. The average Bonchev–Trinajstić information content (AvgIpc) is 2.86. The molecule has 3 nitrogen and oxygen atoms in total. The Morgan fingerprint density at radius 2 is 2.12 bits per heavy atom. The summed E-state index contributed by atoms with van der Waals surface area (Å²) >= 11 is 0. The van der Waals surface area contributed by atoms with E-state index in [0.717, 1.165) is 31.2 Å². The molecule has 1 N–H and O–H groups in total. The molecule has 4 atom stereocenters. The molecule has 0 bridgehead atoms. The molecular weight excluding hydrogens is 212 g/mol. The predicted octanol–water partition coefficient (Wildman–Crippen LogP) is 1.63. The zero-order chi connectivity index (χ0) is 11.8. The molecule has 3 fully saturated rings. The highest BCUT2D eigenvalue weighted by Crippen LogP contribution is 2.33. The standard InChI is InChI=1S/C14H26N2O/c1-10-7-13(8-16(10)14-3-4-14)15-11(2)12-5-6-17-9-12/h10-15H,3-9H2,1-2H3. The number of nitrogens with zero attached hydrogens (tertiary/aromatic N) is 1. The lowest BCUT2D eigenvalue weighted by Crippen LogP contribution is -2.42. The molecule has 3 heteroatoms. The van der Waals surface area contributed by atoms with E-state index in [1.807, 2.05) is 0 Å². The minimum Gasteiger partial charge on any atom is -0.381 e. The maximum absolute atomic E-state index is 5.48. The average molecular weight is 238 g/mol. The second kappa shape index (κ2) is 4.87. The van der Waals surface area contributed by atoms with Crippen molar-refractivity contribution in [1.82, 2.24) is 10.2 Å². The van der Waals surface area contributed by atoms with Crippen LogP contribution in [0.2, 0.25) is 0 Å². The molecule has 0 aromatic heterocycles. The summed E-state index contributed by atoms with van der Waals surface area (Å²) in [4.78, 5) is 2.72. The summed E-state index contributed by atoms with van der Waals surface area (Å²) in [6.45, 7) is 7.92. The van der Waals surface area contributed by atoms with E-state index in [1.165, 1.54) is 32.2 Å². The summed E-state index contributed by atoms with van der Waals surface area (Å²) in [5.41, 5.74) is 0. The van der Waals surface area contributed by atoms with Crippen LogP contribution in [0.3, 0.4) is 0 Å². The second-order valence-electron chi connectivity index (χ2n) is 6.29. The van der Waals surface area contributed by atoms with Crippen LogP contribution < -0.4 is 5.32 Å². The van der Waals surface area contributed by atoms with Crippen molar-refractivity contribution in [2.45, 2.75) is 63.7 Å². The fourth-order valence-electron chi connectivity index (χ4n) is 3.55. The van der Waals surface area contributed by atoms with Gasteiger partial charge in [-0.2, -0.15) is 0 Å². The van der Waals surface area contributed by atoms with Gasteiger partial charge in [0, 0.05) is 37.3 Å². The molecule has 2 aliphatic heterocycles. The number of nitrogens with one attached hydrogen (secondary N) is 1. The van der Waals surface area contributed by atoms with E-state index in [4.69, 9.17) is 4.74 Å². The maximum atomic E-state index is 5.48. The second-order valence-corrected chi connectivity index (χ2v) is 6.29. The number of hydrogen-bond acceptors (Lipinski definition) is 3. The highest BCUT2D eigenvalue weighted by molar-refractivity contribution is 4.97. The minimum absolute atomic E-state index is 0.619. The highest BCUT2D eigenvalue weighted by Gasteiger charge is 2.39. The quantitative estimate of drug-likeness (QED) is 0.805. The lowest BCUT2D eigenvalue weighted by atomic mass is 9.99. The highest BCUT2D eigenvalue weighted by atomic mass is 16.5. The Morgan fingerprint density at radius 3 is 2.76 bits per heavy atom. The summed E-state index contributed by atoms with van der Waals surface area (Å²) in [6, 6.07) is 3.03. The Labute approximate surface area is 105 Å². The Hall–Kier alpha value is -0.120. The van der Waals surface area contributed by atoms with Crippen molar-refractivity contribution >= 4 is 0 Å². The first kappa shape index (κ1) is 11.9. The predicted molar refractivity (Wildman–Crippen MR) is 69.1 cm³/mol. The van der Waals surface area contributed by atoms with Crippen molar-refractivity contribution in [2.24, 2.45) is 5.92 Å². The Kier molecular flexibility index (Phi) is 3.42. The van der Waals surface area contributed by atoms with Gasteiger partial charge in [0.1, 0.15) is 0 Å². The largest absolute Gasteiger partial charge is 0.381 e. The molecule has 98 valence electrons. The van der Waals surface area contributed by atoms with E-state index in [1.54, 1.807) is 0 Å². The lowest BCUT2D eigenvalue weighted by Gasteiger charge is -2.24. The van der Waals surface area contributed by atoms with E-state index < -0.39 is 0 Å². The van der Waals surface area contributed by atoms with Crippen molar-refractivity contribution in [3.63, 3.8) is 0 Å². The molecule has 0 radical (unpaired) electrons. The molecule has 0 aromatic rings. The van der Waals surface area contributed by atoms with Crippen molar-refractivity contribution in [3.05, 3.63) is 0 Å². The van der Waals surface area contributed by atoms with Gasteiger partial charge in [-0.1, -0.05) is 0 Å². The van der Waals surface area contributed by atoms with Gasteiger partial charge in [-0.3, -0.25) is 4.90 Å². The van der Waals surface area contributed by atoms with Crippen molar-refractivity contribution in [1.29, 1.82) is 0 Å². The van der Waals surface area contributed by atoms with Gasteiger partial charge < -0.3 is 10.1 Å². The summed E-state index contributed by atoms with van der Waals surface area (Å²) in [5, 5.41) is 3.84. The normalized spacial score (nSPS) is 40.9. The first-order chi connectivity index (χ1) is 8.24. The van der Waals surface area contributed by atoms with E-state index in [-0.39, 0.29) is 0 Å². The Balaban J connectivity index is 1.48. The Morgan fingerprint density at radius 1 is 1.29 bits per heavy atom. The fraction of sp³-hybridized carbons (Fsp3) is 1.00. The monoisotopic (exact) mass is 238 g/mol. The van der Waals surface area contributed by atoms with Gasteiger partial charge in [0.25, 0.3) is 0 Å². The smallest absolute Gasteiger partial charge is 0.0509 e. The first-order valence-corrected chi connectivity index (χ1v) is 7.33. The summed E-state index contributed by atoms with van der Waals surface area (Å²) in [7, 11) is 0. The third kappa shape index (κ3) is 2.67.